The SMILES string of the molecule is CC(Oc1cccc(C(C)(C)C)c1)c1nc(C2CNCCN2C)no1. The lowest BCUT2D eigenvalue weighted by molar-refractivity contribution is 0.173. The van der Waals surface area contributed by atoms with Gasteiger partial charge in [0.25, 0.3) is 5.89 Å². The highest BCUT2D eigenvalue weighted by Crippen LogP contribution is 2.28. The third-order valence-electron chi connectivity index (χ3n) is 4.63. The van der Waals surface area contributed by atoms with Crippen molar-refractivity contribution in [2.45, 2.75) is 45.3 Å². The lowest BCUT2D eigenvalue weighted by atomic mass is 9.87. The number of ether oxygens (including phenoxy) is 1. The zero-order valence-corrected chi connectivity index (χ0v) is 15.7. The summed E-state index contributed by atoms with van der Waals surface area (Å²) >= 11 is 0. The molecule has 0 bridgehead atoms. The van der Waals surface area contributed by atoms with Gasteiger partial charge >= 0.3 is 0 Å². The van der Waals surface area contributed by atoms with E-state index in [1.54, 1.807) is 0 Å². The molecule has 3 rings (SSSR count). The molecular formula is C19H28N4O2. The Kier molecular flexibility index (Phi) is 5.11. The Labute approximate surface area is 149 Å². The molecule has 2 heterocycles. The first-order valence-electron chi connectivity index (χ1n) is 8.86. The van der Waals surface area contributed by atoms with Crippen LogP contribution in [0.25, 0.3) is 0 Å². The first kappa shape index (κ1) is 17.9. The summed E-state index contributed by atoms with van der Waals surface area (Å²) in [7, 11) is 2.08. The van der Waals surface area contributed by atoms with Crippen LogP contribution in [-0.4, -0.2) is 41.7 Å². The predicted octanol–water partition coefficient (Wildman–Crippen LogP) is 3.08. The molecule has 0 aliphatic carbocycles. The van der Waals surface area contributed by atoms with Crippen LogP contribution in [-0.2, 0) is 5.41 Å². The first-order valence-corrected chi connectivity index (χ1v) is 8.86. The van der Waals surface area contributed by atoms with Gasteiger partial charge in [-0.1, -0.05) is 38.1 Å². The second-order valence-electron chi connectivity index (χ2n) is 7.73. The van der Waals surface area contributed by atoms with Gasteiger partial charge in [0.1, 0.15) is 5.75 Å². The average molecular weight is 344 g/mol. The van der Waals surface area contributed by atoms with Gasteiger partial charge in [0, 0.05) is 19.6 Å². The van der Waals surface area contributed by atoms with Crippen LogP contribution in [0.1, 0.15) is 57.1 Å². The van der Waals surface area contributed by atoms with E-state index in [-0.39, 0.29) is 17.6 Å². The minimum absolute atomic E-state index is 0.0822. The summed E-state index contributed by atoms with van der Waals surface area (Å²) < 4.78 is 11.5. The summed E-state index contributed by atoms with van der Waals surface area (Å²) in [4.78, 5) is 6.81. The van der Waals surface area contributed by atoms with Crippen molar-refractivity contribution < 1.29 is 9.26 Å². The smallest absolute Gasteiger partial charge is 0.267 e. The second-order valence-corrected chi connectivity index (χ2v) is 7.73. The molecule has 25 heavy (non-hydrogen) atoms. The lowest BCUT2D eigenvalue weighted by Crippen LogP contribution is -2.44. The highest BCUT2D eigenvalue weighted by molar-refractivity contribution is 5.32. The Morgan fingerprint density at radius 3 is 2.88 bits per heavy atom. The summed E-state index contributed by atoms with van der Waals surface area (Å²) in [5.74, 6) is 2.04. The van der Waals surface area contributed by atoms with Crippen LogP contribution in [0.5, 0.6) is 5.75 Å². The van der Waals surface area contributed by atoms with Crippen molar-refractivity contribution in [3.63, 3.8) is 0 Å². The number of hydrogen-bond acceptors (Lipinski definition) is 6. The number of rotatable bonds is 4. The van der Waals surface area contributed by atoms with Crippen molar-refractivity contribution in [2.75, 3.05) is 26.7 Å². The van der Waals surface area contributed by atoms with Crippen molar-refractivity contribution in [3.05, 3.63) is 41.5 Å². The van der Waals surface area contributed by atoms with Gasteiger partial charge in [0.15, 0.2) is 11.9 Å². The molecule has 1 fully saturated rings. The third-order valence-corrected chi connectivity index (χ3v) is 4.63. The van der Waals surface area contributed by atoms with Gasteiger partial charge in [-0.3, -0.25) is 4.90 Å². The number of likely N-dealkylation sites (N-methyl/N-ethyl adjacent to an activating group) is 1. The molecule has 1 N–H and O–H groups in total. The van der Waals surface area contributed by atoms with Gasteiger partial charge in [-0.15, -0.1) is 0 Å². The van der Waals surface area contributed by atoms with Gasteiger partial charge in [-0.2, -0.15) is 4.98 Å². The molecule has 1 aliphatic heterocycles. The van der Waals surface area contributed by atoms with Crippen LogP contribution >= 0.6 is 0 Å². The van der Waals surface area contributed by atoms with Crippen molar-refractivity contribution in [1.29, 1.82) is 0 Å². The van der Waals surface area contributed by atoms with Gasteiger partial charge in [-0.05, 0) is 37.1 Å². The van der Waals surface area contributed by atoms with Gasteiger partial charge in [0.05, 0.1) is 6.04 Å². The minimum Gasteiger partial charge on any atom is -0.481 e. The van der Waals surface area contributed by atoms with Gasteiger partial charge in [-0.25, -0.2) is 0 Å². The summed E-state index contributed by atoms with van der Waals surface area (Å²) in [6, 6.07) is 8.32. The van der Waals surface area contributed by atoms with E-state index in [9.17, 15) is 0 Å². The Hall–Kier alpha value is -1.92. The molecule has 1 aliphatic rings. The first-order chi connectivity index (χ1) is 11.8. The molecule has 2 aromatic rings. The molecule has 1 aromatic heterocycles. The molecule has 0 radical (unpaired) electrons. The molecule has 1 aromatic carbocycles. The monoisotopic (exact) mass is 344 g/mol. The maximum absolute atomic E-state index is 6.04. The summed E-state index contributed by atoms with van der Waals surface area (Å²) in [6.07, 6.45) is -0.293. The normalized spacial score (nSPS) is 20.4. The average Bonchev–Trinajstić information content (AvgIpc) is 3.04. The molecule has 1 saturated heterocycles. The highest BCUT2D eigenvalue weighted by Gasteiger charge is 2.27. The second kappa shape index (κ2) is 7.14. The van der Waals surface area contributed by atoms with E-state index in [4.69, 9.17) is 9.26 Å². The lowest BCUT2D eigenvalue weighted by Gasteiger charge is -2.30. The van der Waals surface area contributed by atoms with Gasteiger partial charge < -0.3 is 14.6 Å². The molecule has 2 atom stereocenters. The number of piperazine rings is 1. The molecule has 0 amide bonds. The van der Waals surface area contributed by atoms with Crippen molar-refractivity contribution >= 4 is 0 Å². The largest absolute Gasteiger partial charge is 0.481 e. The quantitative estimate of drug-likeness (QED) is 0.919. The fourth-order valence-corrected chi connectivity index (χ4v) is 2.93. The molecule has 0 saturated carbocycles. The van der Waals surface area contributed by atoms with Crippen LogP contribution in [0.4, 0.5) is 0 Å². The Morgan fingerprint density at radius 2 is 2.16 bits per heavy atom. The Balaban J connectivity index is 1.71. The predicted molar refractivity (Wildman–Crippen MR) is 96.7 cm³/mol. The number of nitrogens with zero attached hydrogens (tertiary/aromatic N) is 3. The van der Waals surface area contributed by atoms with Crippen LogP contribution in [0.2, 0.25) is 0 Å². The van der Waals surface area contributed by atoms with E-state index >= 15 is 0 Å². The molecule has 136 valence electrons. The fourth-order valence-electron chi connectivity index (χ4n) is 2.93. The van der Waals surface area contributed by atoms with Crippen molar-refractivity contribution in [1.82, 2.24) is 20.4 Å². The van der Waals surface area contributed by atoms with E-state index in [1.807, 2.05) is 19.1 Å². The summed E-state index contributed by atoms with van der Waals surface area (Å²) in [5, 5.41) is 7.53. The zero-order valence-electron chi connectivity index (χ0n) is 15.7. The van der Waals surface area contributed by atoms with Crippen LogP contribution in [0.15, 0.2) is 28.8 Å². The molecule has 2 unspecified atom stereocenters. The van der Waals surface area contributed by atoms with Crippen LogP contribution in [0, 0.1) is 0 Å². The van der Waals surface area contributed by atoms with E-state index in [0.29, 0.717) is 11.7 Å². The molecular weight excluding hydrogens is 316 g/mol. The molecule has 6 nitrogen and oxygen atoms in total. The molecule has 0 spiro atoms. The van der Waals surface area contributed by atoms with E-state index in [0.717, 1.165) is 25.4 Å². The zero-order chi connectivity index (χ0) is 18.0. The molecule has 6 heteroatoms. The Morgan fingerprint density at radius 1 is 1.36 bits per heavy atom. The fraction of sp³-hybridized carbons (Fsp3) is 0.579. The number of hydrogen-bond donors (Lipinski definition) is 1. The Bertz CT molecular complexity index is 707. The number of benzene rings is 1. The van der Waals surface area contributed by atoms with E-state index in [1.165, 1.54) is 5.56 Å². The number of aromatic nitrogens is 2. The third kappa shape index (κ3) is 4.19. The highest BCUT2D eigenvalue weighted by atomic mass is 16.5. The topological polar surface area (TPSA) is 63.4 Å². The van der Waals surface area contributed by atoms with E-state index < -0.39 is 0 Å². The standard InChI is InChI=1S/C19H28N4O2/c1-13(24-15-8-6-7-14(11-15)19(2,3)4)18-21-17(22-25-18)16-12-20-9-10-23(16)5/h6-8,11,13,16,20H,9-10,12H2,1-5H3. The maximum Gasteiger partial charge on any atom is 0.267 e. The van der Waals surface area contributed by atoms with Crippen molar-refractivity contribution in [2.24, 2.45) is 0 Å². The van der Waals surface area contributed by atoms with Gasteiger partial charge in [0.2, 0.25) is 0 Å². The van der Waals surface area contributed by atoms with Crippen molar-refractivity contribution in [3.8, 4) is 5.75 Å². The minimum atomic E-state index is -0.293. The van der Waals surface area contributed by atoms with E-state index in [2.05, 4.69) is 60.3 Å². The van der Waals surface area contributed by atoms with Crippen LogP contribution < -0.4 is 10.1 Å². The maximum atomic E-state index is 6.04. The summed E-state index contributed by atoms with van der Waals surface area (Å²) in [5.41, 5.74) is 1.32. The van der Waals surface area contributed by atoms with Crippen LogP contribution in [0.3, 0.4) is 0 Å². The number of nitrogens with one attached hydrogen (secondary N) is 1. The summed E-state index contributed by atoms with van der Waals surface area (Å²) in [6.45, 7) is 11.3.